The maximum Gasteiger partial charge on any atom is 0.433 e. The van der Waals surface area contributed by atoms with Crippen LogP contribution < -0.4 is 5.32 Å². The molecule has 0 atom stereocenters. The van der Waals surface area contributed by atoms with Crippen molar-refractivity contribution in [3.8, 4) is 11.4 Å². The van der Waals surface area contributed by atoms with E-state index in [2.05, 4.69) is 30.4 Å². The van der Waals surface area contributed by atoms with Crippen molar-refractivity contribution in [1.82, 2.24) is 25.1 Å². The molecule has 3 aromatic rings. The van der Waals surface area contributed by atoms with Crippen LogP contribution in [0.15, 0.2) is 41.3 Å². The molecule has 0 aliphatic carbocycles. The fourth-order valence-electron chi connectivity index (χ4n) is 1.70. The molecule has 3 heterocycles. The lowest BCUT2D eigenvalue weighted by molar-refractivity contribution is -0.141. The minimum absolute atomic E-state index is 0.000601. The number of halogens is 3. The van der Waals surface area contributed by atoms with Gasteiger partial charge in [0.05, 0.1) is 6.54 Å². The van der Waals surface area contributed by atoms with Crippen molar-refractivity contribution < 1.29 is 17.7 Å². The summed E-state index contributed by atoms with van der Waals surface area (Å²) in [5.74, 6) is 0.371. The number of nitrogens with one attached hydrogen (secondary N) is 1. The van der Waals surface area contributed by atoms with Crippen molar-refractivity contribution in [2.75, 3.05) is 5.32 Å². The fourth-order valence-corrected chi connectivity index (χ4v) is 1.70. The lowest BCUT2D eigenvalue weighted by Gasteiger charge is -2.07. The van der Waals surface area contributed by atoms with Crippen molar-refractivity contribution in [3.63, 3.8) is 0 Å². The van der Waals surface area contributed by atoms with Gasteiger partial charge in [0.1, 0.15) is 5.69 Å². The van der Waals surface area contributed by atoms with Crippen molar-refractivity contribution in [3.05, 3.63) is 48.4 Å². The van der Waals surface area contributed by atoms with E-state index in [1.54, 1.807) is 24.5 Å². The average molecular weight is 322 g/mol. The van der Waals surface area contributed by atoms with E-state index in [0.717, 1.165) is 12.3 Å². The quantitative estimate of drug-likeness (QED) is 0.789. The number of hydrogen-bond donors (Lipinski definition) is 1. The van der Waals surface area contributed by atoms with Crippen LogP contribution in [0, 0.1) is 0 Å². The van der Waals surface area contributed by atoms with E-state index in [4.69, 9.17) is 4.52 Å². The number of nitrogens with zero attached hydrogens (tertiary/aromatic N) is 5. The highest BCUT2D eigenvalue weighted by Gasteiger charge is 2.32. The van der Waals surface area contributed by atoms with E-state index in [-0.39, 0.29) is 18.4 Å². The van der Waals surface area contributed by atoms with Gasteiger partial charge in [0.25, 0.3) is 0 Å². The van der Waals surface area contributed by atoms with Gasteiger partial charge in [-0.15, -0.1) is 0 Å². The predicted octanol–water partition coefficient (Wildman–Crippen LogP) is 2.55. The van der Waals surface area contributed by atoms with E-state index < -0.39 is 11.9 Å². The van der Waals surface area contributed by atoms with E-state index in [1.165, 1.54) is 0 Å². The van der Waals surface area contributed by atoms with Gasteiger partial charge in [-0.05, 0) is 18.2 Å². The second-order valence-corrected chi connectivity index (χ2v) is 4.36. The first-order valence-electron chi connectivity index (χ1n) is 6.39. The zero-order chi connectivity index (χ0) is 16.3. The van der Waals surface area contributed by atoms with Crippen LogP contribution in [0.25, 0.3) is 11.4 Å². The van der Waals surface area contributed by atoms with Gasteiger partial charge in [0.2, 0.25) is 17.7 Å². The molecule has 0 amide bonds. The second-order valence-electron chi connectivity index (χ2n) is 4.36. The molecule has 0 spiro atoms. The van der Waals surface area contributed by atoms with Gasteiger partial charge in [-0.2, -0.15) is 18.2 Å². The van der Waals surface area contributed by atoms with Crippen molar-refractivity contribution in [2.45, 2.75) is 12.7 Å². The highest BCUT2D eigenvalue weighted by Crippen LogP contribution is 2.27. The molecule has 7 nitrogen and oxygen atoms in total. The summed E-state index contributed by atoms with van der Waals surface area (Å²) in [7, 11) is 0. The van der Waals surface area contributed by atoms with E-state index in [0.29, 0.717) is 11.4 Å². The molecule has 3 aromatic heterocycles. The molecule has 0 bridgehead atoms. The fraction of sp³-hybridized carbons (Fsp3) is 0.154. The SMILES string of the molecule is FC(F)(F)c1ccnc(NCc2nc(-c3ccncc3)no2)n1. The Morgan fingerprint density at radius 2 is 1.83 bits per heavy atom. The maximum absolute atomic E-state index is 12.6. The van der Waals surface area contributed by atoms with Gasteiger partial charge in [-0.3, -0.25) is 4.98 Å². The predicted molar refractivity (Wildman–Crippen MR) is 71.9 cm³/mol. The van der Waals surface area contributed by atoms with Crippen molar-refractivity contribution in [2.24, 2.45) is 0 Å². The molecule has 0 aromatic carbocycles. The Balaban J connectivity index is 1.69. The highest BCUT2D eigenvalue weighted by atomic mass is 19.4. The van der Waals surface area contributed by atoms with Crippen LogP contribution in [-0.2, 0) is 12.7 Å². The van der Waals surface area contributed by atoms with Crippen LogP contribution in [0.3, 0.4) is 0 Å². The first kappa shape index (κ1) is 14.9. The summed E-state index contributed by atoms with van der Waals surface area (Å²) in [5.41, 5.74) is -0.316. The summed E-state index contributed by atoms with van der Waals surface area (Å²) in [6, 6.07) is 4.20. The highest BCUT2D eigenvalue weighted by molar-refractivity contribution is 5.52. The van der Waals surface area contributed by atoms with E-state index in [1.807, 2.05) is 0 Å². The van der Waals surface area contributed by atoms with Crippen LogP contribution >= 0.6 is 0 Å². The Bertz CT molecular complexity index is 790. The van der Waals surface area contributed by atoms with Crippen molar-refractivity contribution >= 4 is 5.95 Å². The summed E-state index contributed by atoms with van der Waals surface area (Å²) < 4.78 is 42.7. The Kier molecular flexibility index (Phi) is 3.87. The number of aromatic nitrogens is 5. The van der Waals surface area contributed by atoms with Crippen LogP contribution in [0.5, 0.6) is 0 Å². The molecule has 0 aliphatic heterocycles. The van der Waals surface area contributed by atoms with E-state index >= 15 is 0 Å². The molecule has 118 valence electrons. The molecule has 0 unspecified atom stereocenters. The Morgan fingerprint density at radius 1 is 1.04 bits per heavy atom. The van der Waals surface area contributed by atoms with Crippen molar-refractivity contribution in [1.29, 1.82) is 0 Å². The molecule has 0 saturated carbocycles. The molecule has 0 aliphatic rings. The van der Waals surface area contributed by atoms with Crippen LogP contribution in [0.1, 0.15) is 11.6 Å². The minimum atomic E-state index is -4.53. The molecule has 0 fully saturated rings. The zero-order valence-electron chi connectivity index (χ0n) is 11.4. The zero-order valence-corrected chi connectivity index (χ0v) is 11.4. The van der Waals surface area contributed by atoms with Gasteiger partial charge in [-0.1, -0.05) is 5.16 Å². The molecular weight excluding hydrogens is 313 g/mol. The average Bonchev–Trinajstić information content (AvgIpc) is 3.02. The normalized spacial score (nSPS) is 11.4. The third kappa shape index (κ3) is 3.59. The number of anilines is 1. The second kappa shape index (κ2) is 5.99. The standard InChI is InChI=1S/C13H9F3N6O/c14-13(15,16)9-3-6-18-12(20-9)19-7-10-21-11(22-23-10)8-1-4-17-5-2-8/h1-6H,7H2,(H,18,19,20). The monoisotopic (exact) mass is 322 g/mol. The van der Waals surface area contributed by atoms with Crippen LogP contribution in [-0.4, -0.2) is 25.1 Å². The number of rotatable bonds is 4. The number of alkyl halides is 3. The lowest BCUT2D eigenvalue weighted by Crippen LogP contribution is -2.11. The third-order valence-corrected chi connectivity index (χ3v) is 2.75. The summed E-state index contributed by atoms with van der Waals surface area (Å²) in [5, 5.41) is 6.39. The maximum atomic E-state index is 12.6. The van der Waals surface area contributed by atoms with Gasteiger partial charge in [0.15, 0.2) is 0 Å². The molecule has 10 heteroatoms. The topological polar surface area (TPSA) is 89.6 Å². The minimum Gasteiger partial charge on any atom is -0.345 e. The van der Waals surface area contributed by atoms with Gasteiger partial charge in [-0.25, -0.2) is 9.97 Å². The first-order chi connectivity index (χ1) is 11.0. The number of hydrogen-bond acceptors (Lipinski definition) is 7. The summed E-state index contributed by atoms with van der Waals surface area (Å²) in [6.45, 7) is -0.000601. The molecule has 0 radical (unpaired) electrons. The van der Waals surface area contributed by atoms with Crippen LogP contribution in [0.2, 0.25) is 0 Å². The van der Waals surface area contributed by atoms with Crippen LogP contribution in [0.4, 0.5) is 19.1 Å². The molecule has 23 heavy (non-hydrogen) atoms. The summed E-state index contributed by atoms with van der Waals surface area (Å²) in [6.07, 6.45) is -0.340. The summed E-state index contributed by atoms with van der Waals surface area (Å²) >= 11 is 0. The van der Waals surface area contributed by atoms with Gasteiger partial charge in [0, 0.05) is 24.2 Å². The van der Waals surface area contributed by atoms with Gasteiger partial charge >= 0.3 is 6.18 Å². The Hall–Kier alpha value is -3.04. The number of pyridine rings is 1. The van der Waals surface area contributed by atoms with Gasteiger partial charge < -0.3 is 9.84 Å². The molecule has 1 N–H and O–H groups in total. The molecule has 0 saturated heterocycles. The molecular formula is C13H9F3N6O. The first-order valence-corrected chi connectivity index (χ1v) is 6.39. The van der Waals surface area contributed by atoms with E-state index in [9.17, 15) is 13.2 Å². The third-order valence-electron chi connectivity index (χ3n) is 2.75. The molecule has 3 rings (SSSR count). The summed E-state index contributed by atoms with van der Waals surface area (Å²) in [4.78, 5) is 15.1. The Labute approximate surface area is 127 Å². The lowest BCUT2D eigenvalue weighted by atomic mass is 10.2. The Morgan fingerprint density at radius 3 is 2.57 bits per heavy atom. The smallest absolute Gasteiger partial charge is 0.345 e. The largest absolute Gasteiger partial charge is 0.433 e.